The largest absolute Gasteiger partial charge is 0.334 e. The predicted octanol–water partition coefficient (Wildman–Crippen LogP) is 2.99. The highest BCUT2D eigenvalue weighted by Gasteiger charge is 2.23. The van der Waals surface area contributed by atoms with Crippen LogP contribution in [-0.4, -0.2) is 27.9 Å². The molecule has 0 aromatic carbocycles. The molecule has 1 aromatic heterocycles. The van der Waals surface area contributed by atoms with Crippen molar-refractivity contribution >= 4 is 17.5 Å². The Labute approximate surface area is 101 Å². The van der Waals surface area contributed by atoms with Crippen molar-refractivity contribution in [3.8, 4) is 0 Å². The number of pyridine rings is 1. The standard InChI is InChI=1S/C12H17ClN2O/c1-8(2)15(9(3)4)12(16)10-7-14-6-5-11(10)13/h5-9H,1-4H3. The third-order valence-electron chi connectivity index (χ3n) is 2.35. The summed E-state index contributed by atoms with van der Waals surface area (Å²) in [5.41, 5.74) is 0.464. The number of carbonyl (C=O) groups excluding carboxylic acids is 1. The van der Waals surface area contributed by atoms with Crippen LogP contribution in [0.15, 0.2) is 18.5 Å². The van der Waals surface area contributed by atoms with Gasteiger partial charge in [0.25, 0.3) is 5.91 Å². The van der Waals surface area contributed by atoms with Crippen LogP contribution < -0.4 is 0 Å². The number of nitrogens with zero attached hydrogens (tertiary/aromatic N) is 2. The van der Waals surface area contributed by atoms with Crippen LogP contribution in [0.4, 0.5) is 0 Å². The number of halogens is 1. The van der Waals surface area contributed by atoms with Crippen LogP contribution in [0.5, 0.6) is 0 Å². The molecular formula is C12H17ClN2O. The fraction of sp³-hybridized carbons (Fsp3) is 0.500. The lowest BCUT2D eigenvalue weighted by Crippen LogP contribution is -2.42. The molecule has 88 valence electrons. The van der Waals surface area contributed by atoms with E-state index in [1.807, 2.05) is 27.7 Å². The van der Waals surface area contributed by atoms with Gasteiger partial charge in [-0.05, 0) is 33.8 Å². The van der Waals surface area contributed by atoms with Gasteiger partial charge in [0.05, 0.1) is 10.6 Å². The monoisotopic (exact) mass is 240 g/mol. The SMILES string of the molecule is CC(C)N(C(=O)c1cnccc1Cl)C(C)C. The lowest BCUT2D eigenvalue weighted by Gasteiger charge is -2.30. The fourth-order valence-corrected chi connectivity index (χ4v) is 1.93. The normalized spacial score (nSPS) is 10.9. The molecule has 0 N–H and O–H groups in total. The number of hydrogen-bond donors (Lipinski definition) is 0. The maximum absolute atomic E-state index is 12.3. The molecule has 0 aliphatic rings. The Morgan fingerprint density at radius 1 is 1.31 bits per heavy atom. The van der Waals surface area contributed by atoms with E-state index in [4.69, 9.17) is 11.6 Å². The summed E-state index contributed by atoms with van der Waals surface area (Å²) in [5, 5.41) is 0.450. The van der Waals surface area contributed by atoms with Gasteiger partial charge in [0.2, 0.25) is 0 Å². The molecular weight excluding hydrogens is 224 g/mol. The molecule has 0 bridgehead atoms. The van der Waals surface area contributed by atoms with Crippen molar-refractivity contribution in [2.24, 2.45) is 0 Å². The predicted molar refractivity (Wildman–Crippen MR) is 65.7 cm³/mol. The Kier molecular flexibility index (Phi) is 4.30. The summed E-state index contributed by atoms with van der Waals surface area (Å²) in [6.07, 6.45) is 3.09. The van der Waals surface area contributed by atoms with Gasteiger partial charge in [-0.15, -0.1) is 0 Å². The first kappa shape index (κ1) is 13.0. The van der Waals surface area contributed by atoms with Crippen LogP contribution in [0, 0.1) is 0 Å². The molecule has 1 amide bonds. The molecule has 0 aliphatic heterocycles. The molecule has 0 spiro atoms. The molecule has 4 heteroatoms. The van der Waals surface area contributed by atoms with E-state index in [-0.39, 0.29) is 18.0 Å². The van der Waals surface area contributed by atoms with Crippen molar-refractivity contribution in [1.29, 1.82) is 0 Å². The molecule has 1 heterocycles. The van der Waals surface area contributed by atoms with Gasteiger partial charge in [0, 0.05) is 24.5 Å². The third kappa shape index (κ3) is 2.73. The number of rotatable bonds is 3. The van der Waals surface area contributed by atoms with Gasteiger partial charge in [0.1, 0.15) is 0 Å². The number of carbonyl (C=O) groups is 1. The van der Waals surface area contributed by atoms with Crippen molar-refractivity contribution in [2.45, 2.75) is 39.8 Å². The molecule has 0 radical (unpaired) electrons. The van der Waals surface area contributed by atoms with Crippen LogP contribution >= 0.6 is 11.6 Å². The number of amides is 1. The first-order chi connectivity index (χ1) is 7.45. The van der Waals surface area contributed by atoms with E-state index in [0.717, 1.165) is 0 Å². The van der Waals surface area contributed by atoms with Crippen LogP contribution in [0.3, 0.4) is 0 Å². The van der Waals surface area contributed by atoms with Crippen LogP contribution in [-0.2, 0) is 0 Å². The average molecular weight is 241 g/mol. The summed E-state index contributed by atoms with van der Waals surface area (Å²) in [6.45, 7) is 7.95. The third-order valence-corrected chi connectivity index (χ3v) is 2.68. The lowest BCUT2D eigenvalue weighted by molar-refractivity contribution is 0.0643. The van der Waals surface area contributed by atoms with Crippen molar-refractivity contribution in [1.82, 2.24) is 9.88 Å². The van der Waals surface area contributed by atoms with E-state index in [1.165, 1.54) is 6.20 Å². The smallest absolute Gasteiger partial charge is 0.257 e. The van der Waals surface area contributed by atoms with Gasteiger partial charge in [-0.2, -0.15) is 0 Å². The zero-order valence-corrected chi connectivity index (χ0v) is 10.8. The van der Waals surface area contributed by atoms with Crippen LogP contribution in [0.2, 0.25) is 5.02 Å². The summed E-state index contributed by atoms with van der Waals surface area (Å²) in [5.74, 6) is -0.0666. The molecule has 16 heavy (non-hydrogen) atoms. The summed E-state index contributed by atoms with van der Waals surface area (Å²) >= 11 is 5.99. The van der Waals surface area contributed by atoms with Gasteiger partial charge >= 0.3 is 0 Å². The second kappa shape index (κ2) is 5.30. The zero-order valence-electron chi connectivity index (χ0n) is 10.1. The van der Waals surface area contributed by atoms with Gasteiger partial charge in [-0.25, -0.2) is 0 Å². The Hall–Kier alpha value is -1.09. The second-order valence-electron chi connectivity index (χ2n) is 4.26. The van der Waals surface area contributed by atoms with Crippen molar-refractivity contribution in [3.05, 3.63) is 29.0 Å². The highest BCUT2D eigenvalue weighted by molar-refractivity contribution is 6.33. The molecule has 0 unspecified atom stereocenters. The van der Waals surface area contributed by atoms with Crippen molar-refractivity contribution in [2.75, 3.05) is 0 Å². The molecule has 0 aliphatic carbocycles. The van der Waals surface area contributed by atoms with E-state index in [2.05, 4.69) is 4.98 Å². The van der Waals surface area contributed by atoms with E-state index in [1.54, 1.807) is 17.2 Å². The Balaban J connectivity index is 3.05. The first-order valence-electron chi connectivity index (χ1n) is 5.37. The summed E-state index contributed by atoms with van der Waals surface area (Å²) < 4.78 is 0. The van der Waals surface area contributed by atoms with Crippen LogP contribution in [0.1, 0.15) is 38.1 Å². The van der Waals surface area contributed by atoms with E-state index < -0.39 is 0 Å². The number of hydrogen-bond acceptors (Lipinski definition) is 2. The lowest BCUT2D eigenvalue weighted by atomic mass is 10.1. The van der Waals surface area contributed by atoms with E-state index >= 15 is 0 Å². The average Bonchev–Trinajstić information content (AvgIpc) is 2.16. The molecule has 1 rings (SSSR count). The quantitative estimate of drug-likeness (QED) is 0.814. The maximum atomic E-state index is 12.3. The molecule has 0 fully saturated rings. The molecule has 0 saturated heterocycles. The topological polar surface area (TPSA) is 33.2 Å². The van der Waals surface area contributed by atoms with E-state index in [0.29, 0.717) is 10.6 Å². The highest BCUT2D eigenvalue weighted by atomic mass is 35.5. The van der Waals surface area contributed by atoms with Gasteiger partial charge in [-0.1, -0.05) is 11.6 Å². The van der Waals surface area contributed by atoms with Gasteiger partial charge in [0.15, 0.2) is 0 Å². The second-order valence-corrected chi connectivity index (χ2v) is 4.66. The molecule has 0 atom stereocenters. The van der Waals surface area contributed by atoms with Gasteiger partial charge in [-0.3, -0.25) is 9.78 Å². The minimum absolute atomic E-state index is 0.0666. The first-order valence-corrected chi connectivity index (χ1v) is 5.75. The van der Waals surface area contributed by atoms with Crippen LogP contribution in [0.25, 0.3) is 0 Å². The Morgan fingerprint density at radius 2 is 1.88 bits per heavy atom. The van der Waals surface area contributed by atoms with Crippen molar-refractivity contribution in [3.63, 3.8) is 0 Å². The maximum Gasteiger partial charge on any atom is 0.257 e. The van der Waals surface area contributed by atoms with Gasteiger partial charge < -0.3 is 4.90 Å². The minimum atomic E-state index is -0.0666. The Morgan fingerprint density at radius 3 is 2.31 bits per heavy atom. The highest BCUT2D eigenvalue weighted by Crippen LogP contribution is 2.18. The van der Waals surface area contributed by atoms with Crippen molar-refractivity contribution < 1.29 is 4.79 Å². The molecule has 3 nitrogen and oxygen atoms in total. The molecule has 1 aromatic rings. The summed E-state index contributed by atoms with van der Waals surface area (Å²) in [7, 11) is 0. The zero-order chi connectivity index (χ0) is 12.3. The van der Waals surface area contributed by atoms with E-state index in [9.17, 15) is 4.79 Å². The number of aromatic nitrogens is 1. The fourth-order valence-electron chi connectivity index (χ4n) is 1.74. The summed E-state index contributed by atoms with van der Waals surface area (Å²) in [6, 6.07) is 1.92. The summed E-state index contributed by atoms with van der Waals surface area (Å²) in [4.78, 5) is 18.0. The molecule has 0 saturated carbocycles. The Bertz CT molecular complexity index is 369. The minimum Gasteiger partial charge on any atom is -0.334 e.